The van der Waals surface area contributed by atoms with E-state index in [9.17, 15) is 4.79 Å². The lowest BCUT2D eigenvalue weighted by molar-refractivity contribution is -0.137. The summed E-state index contributed by atoms with van der Waals surface area (Å²) < 4.78 is 4.35. The molecule has 0 saturated heterocycles. The predicted octanol–water partition coefficient (Wildman–Crippen LogP) is 0.269. The van der Waals surface area contributed by atoms with Gasteiger partial charge < -0.3 is 9.84 Å². The SMILES string of the molecule is CO[CH]CC(=O)O. The number of carbonyl (C=O) groups is 1. The molecule has 0 aliphatic carbocycles. The van der Waals surface area contributed by atoms with Crippen molar-refractivity contribution in [2.45, 2.75) is 6.42 Å². The van der Waals surface area contributed by atoms with Crippen LogP contribution in [-0.4, -0.2) is 18.2 Å². The molecule has 3 nitrogen and oxygen atoms in total. The Hall–Kier alpha value is -0.570. The first kappa shape index (κ1) is 6.43. The fourth-order valence-electron chi connectivity index (χ4n) is 0.155. The third kappa shape index (κ3) is 5.43. The molecule has 1 radical (unpaired) electrons. The van der Waals surface area contributed by atoms with Crippen LogP contribution in [0.25, 0.3) is 0 Å². The van der Waals surface area contributed by atoms with Crippen LogP contribution in [-0.2, 0) is 9.53 Å². The zero-order valence-corrected chi connectivity index (χ0v) is 4.05. The molecule has 7 heavy (non-hydrogen) atoms. The second-order valence-electron chi connectivity index (χ2n) is 1.00. The van der Waals surface area contributed by atoms with Gasteiger partial charge in [0, 0.05) is 7.11 Å². The van der Waals surface area contributed by atoms with E-state index in [4.69, 9.17) is 5.11 Å². The van der Waals surface area contributed by atoms with Crippen LogP contribution in [0.3, 0.4) is 0 Å². The average molecular weight is 103 g/mol. The topological polar surface area (TPSA) is 46.5 Å². The molecule has 0 aromatic heterocycles. The van der Waals surface area contributed by atoms with E-state index < -0.39 is 5.97 Å². The fourth-order valence-corrected chi connectivity index (χ4v) is 0.155. The molecule has 0 aromatic carbocycles. The Kier molecular flexibility index (Phi) is 3.32. The smallest absolute Gasteiger partial charge is 0.306 e. The summed E-state index contributed by atoms with van der Waals surface area (Å²) in [5.74, 6) is -0.873. The van der Waals surface area contributed by atoms with Crippen LogP contribution in [0.5, 0.6) is 0 Å². The van der Waals surface area contributed by atoms with Crippen molar-refractivity contribution in [3.63, 3.8) is 0 Å². The molecule has 0 saturated carbocycles. The van der Waals surface area contributed by atoms with Crippen molar-refractivity contribution in [3.8, 4) is 0 Å². The Bertz CT molecular complexity index is 60.0. The molecule has 0 heterocycles. The van der Waals surface area contributed by atoms with E-state index in [1.807, 2.05) is 0 Å². The number of aliphatic carboxylic acids is 1. The Balaban J connectivity index is 2.82. The Morgan fingerprint density at radius 1 is 2.00 bits per heavy atom. The first-order valence-electron chi connectivity index (χ1n) is 1.83. The van der Waals surface area contributed by atoms with Gasteiger partial charge in [-0.25, -0.2) is 0 Å². The van der Waals surface area contributed by atoms with E-state index in [0.717, 1.165) is 0 Å². The van der Waals surface area contributed by atoms with E-state index in [1.54, 1.807) is 0 Å². The minimum atomic E-state index is -0.873. The highest BCUT2D eigenvalue weighted by atomic mass is 16.5. The van der Waals surface area contributed by atoms with Crippen LogP contribution < -0.4 is 0 Å². The van der Waals surface area contributed by atoms with Gasteiger partial charge in [0.1, 0.15) is 0 Å². The number of carboxylic acids is 1. The summed E-state index contributed by atoms with van der Waals surface area (Å²) in [6.45, 7) is 1.22. The lowest BCUT2D eigenvalue weighted by atomic mass is 10.5. The van der Waals surface area contributed by atoms with E-state index in [2.05, 4.69) is 4.74 Å². The van der Waals surface area contributed by atoms with Gasteiger partial charge in [0.15, 0.2) is 0 Å². The van der Waals surface area contributed by atoms with E-state index in [0.29, 0.717) is 0 Å². The van der Waals surface area contributed by atoms with Crippen molar-refractivity contribution in [1.29, 1.82) is 0 Å². The first-order valence-corrected chi connectivity index (χ1v) is 1.83. The number of carboxylic acid groups (broad SMARTS) is 1. The Morgan fingerprint density at radius 2 is 2.57 bits per heavy atom. The monoisotopic (exact) mass is 103 g/mol. The van der Waals surface area contributed by atoms with Crippen LogP contribution in [0.15, 0.2) is 0 Å². The Morgan fingerprint density at radius 3 is 2.71 bits per heavy atom. The molecule has 0 aliphatic heterocycles. The second kappa shape index (κ2) is 3.61. The zero-order chi connectivity index (χ0) is 5.70. The molecule has 0 unspecified atom stereocenters. The van der Waals surface area contributed by atoms with Crippen LogP contribution in [0, 0.1) is 6.61 Å². The molecule has 0 fully saturated rings. The summed E-state index contributed by atoms with van der Waals surface area (Å²) in [6, 6.07) is 0. The van der Waals surface area contributed by atoms with Crippen LogP contribution in [0.1, 0.15) is 6.42 Å². The molecule has 0 bridgehead atoms. The zero-order valence-electron chi connectivity index (χ0n) is 4.05. The molecule has 41 valence electrons. The third-order valence-corrected chi connectivity index (χ3v) is 0.425. The summed E-state index contributed by atoms with van der Waals surface area (Å²) in [5.41, 5.74) is 0. The van der Waals surface area contributed by atoms with E-state index in [1.165, 1.54) is 13.7 Å². The maximum Gasteiger partial charge on any atom is 0.306 e. The molecule has 0 atom stereocenters. The van der Waals surface area contributed by atoms with Gasteiger partial charge in [-0.05, 0) is 0 Å². The fraction of sp³-hybridized carbons (Fsp3) is 0.500. The maximum atomic E-state index is 9.65. The molecule has 0 aliphatic rings. The van der Waals surface area contributed by atoms with Gasteiger partial charge in [-0.3, -0.25) is 4.79 Å². The molecule has 0 spiro atoms. The van der Waals surface area contributed by atoms with Gasteiger partial charge in [0.2, 0.25) is 0 Å². The predicted molar refractivity (Wildman–Crippen MR) is 23.6 cm³/mol. The maximum absolute atomic E-state index is 9.65. The molecule has 3 heteroatoms. The van der Waals surface area contributed by atoms with Crippen molar-refractivity contribution < 1.29 is 14.6 Å². The van der Waals surface area contributed by atoms with Gasteiger partial charge >= 0.3 is 5.97 Å². The van der Waals surface area contributed by atoms with Gasteiger partial charge in [-0.15, -0.1) is 0 Å². The Labute approximate surface area is 41.9 Å². The molecule has 0 rings (SSSR count). The minimum absolute atomic E-state index is 0.0312. The van der Waals surface area contributed by atoms with Crippen molar-refractivity contribution in [2.24, 2.45) is 0 Å². The van der Waals surface area contributed by atoms with Gasteiger partial charge in [-0.2, -0.15) is 0 Å². The lowest BCUT2D eigenvalue weighted by Crippen LogP contribution is -1.94. The highest BCUT2D eigenvalue weighted by Gasteiger charge is 1.92. The van der Waals surface area contributed by atoms with Gasteiger partial charge in [-0.1, -0.05) is 0 Å². The van der Waals surface area contributed by atoms with Gasteiger partial charge in [0.05, 0.1) is 13.0 Å². The second-order valence-corrected chi connectivity index (χ2v) is 1.00. The van der Waals surface area contributed by atoms with Crippen molar-refractivity contribution in [2.75, 3.05) is 7.11 Å². The summed E-state index contributed by atoms with van der Waals surface area (Å²) in [6.07, 6.45) is -0.0312. The first-order chi connectivity index (χ1) is 3.27. The summed E-state index contributed by atoms with van der Waals surface area (Å²) in [5, 5.41) is 7.93. The quantitative estimate of drug-likeness (QED) is 0.557. The highest BCUT2D eigenvalue weighted by Crippen LogP contribution is 1.83. The summed E-state index contributed by atoms with van der Waals surface area (Å²) in [4.78, 5) is 9.65. The number of rotatable bonds is 3. The summed E-state index contributed by atoms with van der Waals surface area (Å²) >= 11 is 0. The lowest BCUT2D eigenvalue weighted by Gasteiger charge is -1.87. The van der Waals surface area contributed by atoms with Crippen LogP contribution in [0.4, 0.5) is 0 Å². The normalized spacial score (nSPS) is 8.71. The van der Waals surface area contributed by atoms with E-state index >= 15 is 0 Å². The largest absolute Gasteiger partial charge is 0.481 e. The number of hydrogen-bond donors (Lipinski definition) is 1. The number of methoxy groups -OCH3 is 1. The van der Waals surface area contributed by atoms with Gasteiger partial charge in [0.25, 0.3) is 0 Å². The third-order valence-electron chi connectivity index (χ3n) is 0.425. The molecular weight excluding hydrogens is 96.0 g/mol. The molecule has 0 amide bonds. The number of hydrogen-bond acceptors (Lipinski definition) is 2. The van der Waals surface area contributed by atoms with E-state index in [-0.39, 0.29) is 6.42 Å². The van der Waals surface area contributed by atoms with Crippen LogP contribution in [0.2, 0.25) is 0 Å². The standard InChI is InChI=1S/C4H7O3/c1-7-3-2-4(5)6/h3H,2H2,1H3,(H,5,6). The van der Waals surface area contributed by atoms with Crippen molar-refractivity contribution in [3.05, 3.63) is 6.61 Å². The molecule has 0 aromatic rings. The molecular formula is C4H7O3. The average Bonchev–Trinajstić information content (AvgIpc) is 1.61. The van der Waals surface area contributed by atoms with Crippen LogP contribution >= 0.6 is 0 Å². The highest BCUT2D eigenvalue weighted by molar-refractivity contribution is 5.67. The van der Waals surface area contributed by atoms with Crippen molar-refractivity contribution >= 4 is 5.97 Å². The summed E-state index contributed by atoms with van der Waals surface area (Å²) in [7, 11) is 1.42. The molecule has 1 N–H and O–H groups in total. The number of ether oxygens (including phenoxy) is 1. The van der Waals surface area contributed by atoms with Crippen molar-refractivity contribution in [1.82, 2.24) is 0 Å². The minimum Gasteiger partial charge on any atom is -0.481 e.